The van der Waals surface area contributed by atoms with Gasteiger partial charge in [-0.1, -0.05) is 19.9 Å². The molecule has 1 heterocycles. The molecule has 0 spiro atoms. The topological polar surface area (TPSA) is 38.5 Å². The van der Waals surface area contributed by atoms with Gasteiger partial charge in [-0.3, -0.25) is 0 Å². The summed E-state index contributed by atoms with van der Waals surface area (Å²) in [6.45, 7) is 6.73. The van der Waals surface area contributed by atoms with Gasteiger partial charge in [-0.2, -0.15) is 11.8 Å². The van der Waals surface area contributed by atoms with Gasteiger partial charge in [-0.05, 0) is 18.6 Å². The molecule has 0 aromatic heterocycles. The second kappa shape index (κ2) is 5.31. The number of hydrogen-bond acceptors (Lipinski definition) is 4. The molecule has 18 heavy (non-hydrogen) atoms. The summed E-state index contributed by atoms with van der Waals surface area (Å²) in [5, 5.41) is 0. The average Bonchev–Trinajstić information content (AvgIpc) is 2.51. The van der Waals surface area contributed by atoms with Crippen LogP contribution in [0.25, 0.3) is 0 Å². The Morgan fingerprint density at radius 2 is 2.11 bits per heavy atom. The lowest BCUT2D eigenvalue weighted by molar-refractivity contribution is 0.417. The first-order chi connectivity index (χ1) is 8.53. The van der Waals surface area contributed by atoms with Gasteiger partial charge in [-0.25, -0.2) is 0 Å². The van der Waals surface area contributed by atoms with Crippen molar-refractivity contribution in [1.29, 1.82) is 0 Å². The lowest BCUT2D eigenvalue weighted by atomic mass is 10.1. The zero-order valence-corrected chi connectivity index (χ0v) is 12.2. The fourth-order valence-electron chi connectivity index (χ4n) is 2.25. The van der Waals surface area contributed by atoms with E-state index in [9.17, 15) is 0 Å². The van der Waals surface area contributed by atoms with Gasteiger partial charge < -0.3 is 15.4 Å². The maximum absolute atomic E-state index is 6.17. The summed E-state index contributed by atoms with van der Waals surface area (Å²) in [5.74, 6) is 1.91. The van der Waals surface area contributed by atoms with E-state index in [4.69, 9.17) is 10.5 Å². The number of hydrogen-bond donors (Lipinski definition) is 1. The third kappa shape index (κ3) is 2.86. The molecule has 4 heteroatoms. The Kier molecular flexibility index (Phi) is 3.95. The van der Waals surface area contributed by atoms with E-state index in [0.717, 1.165) is 36.0 Å². The minimum absolute atomic E-state index is 0.363. The zero-order valence-electron chi connectivity index (χ0n) is 11.4. The molecule has 1 saturated heterocycles. The van der Waals surface area contributed by atoms with Crippen LogP contribution in [-0.4, -0.2) is 30.7 Å². The third-order valence-corrected chi connectivity index (χ3v) is 4.81. The molecule has 0 bridgehead atoms. The maximum atomic E-state index is 6.17. The molecule has 0 amide bonds. The molecule has 1 aliphatic rings. The highest BCUT2D eigenvalue weighted by Crippen LogP contribution is 2.36. The summed E-state index contributed by atoms with van der Waals surface area (Å²) in [6.07, 6.45) is 1.17. The van der Waals surface area contributed by atoms with Crippen LogP contribution < -0.4 is 15.4 Å². The lowest BCUT2D eigenvalue weighted by Gasteiger charge is -2.26. The fraction of sp³-hybridized carbons (Fsp3) is 0.571. The molecular weight excluding hydrogens is 244 g/mol. The Morgan fingerprint density at radius 1 is 1.33 bits per heavy atom. The van der Waals surface area contributed by atoms with Crippen LogP contribution in [0.3, 0.4) is 0 Å². The van der Waals surface area contributed by atoms with Crippen molar-refractivity contribution in [3.05, 3.63) is 18.2 Å². The van der Waals surface area contributed by atoms with Crippen LogP contribution in [0.15, 0.2) is 18.2 Å². The normalized spacial score (nSPS) is 19.4. The molecule has 0 radical (unpaired) electrons. The van der Waals surface area contributed by atoms with Crippen molar-refractivity contribution in [2.75, 3.05) is 36.6 Å². The van der Waals surface area contributed by atoms with Gasteiger partial charge in [0.05, 0.1) is 18.5 Å². The first-order valence-electron chi connectivity index (χ1n) is 6.35. The average molecular weight is 266 g/mol. The second-order valence-electron chi connectivity index (χ2n) is 5.24. The fourth-order valence-corrected chi connectivity index (χ4v) is 3.35. The number of thioether (sulfide) groups is 1. The molecule has 100 valence electrons. The summed E-state index contributed by atoms with van der Waals surface area (Å²) in [5.41, 5.74) is 8.03. The Morgan fingerprint density at radius 3 is 2.83 bits per heavy atom. The Bertz CT molecular complexity index is 420. The lowest BCUT2D eigenvalue weighted by Crippen LogP contribution is -2.27. The van der Waals surface area contributed by atoms with Crippen molar-refractivity contribution < 1.29 is 4.74 Å². The maximum Gasteiger partial charge on any atom is 0.143 e. The predicted molar refractivity (Wildman–Crippen MR) is 80.8 cm³/mol. The Hall–Kier alpha value is -1.03. The van der Waals surface area contributed by atoms with Gasteiger partial charge in [0.25, 0.3) is 0 Å². The van der Waals surface area contributed by atoms with E-state index in [-0.39, 0.29) is 0 Å². The summed E-state index contributed by atoms with van der Waals surface area (Å²) in [4.78, 5) is 2.37. The second-order valence-corrected chi connectivity index (χ2v) is 7.04. The summed E-state index contributed by atoms with van der Waals surface area (Å²) in [7, 11) is 1.66. The van der Waals surface area contributed by atoms with Crippen molar-refractivity contribution >= 4 is 23.1 Å². The Balaban J connectivity index is 2.21. The number of nitrogens with two attached hydrogens (primary N) is 1. The van der Waals surface area contributed by atoms with Crippen LogP contribution in [0, 0.1) is 0 Å². The number of ether oxygens (including phenoxy) is 1. The van der Waals surface area contributed by atoms with Gasteiger partial charge in [-0.15, -0.1) is 0 Å². The van der Waals surface area contributed by atoms with Crippen LogP contribution in [-0.2, 0) is 0 Å². The van der Waals surface area contributed by atoms with E-state index in [1.165, 1.54) is 6.42 Å². The van der Waals surface area contributed by atoms with Gasteiger partial charge in [0, 0.05) is 23.6 Å². The third-order valence-electron chi connectivity index (χ3n) is 3.44. The van der Waals surface area contributed by atoms with Crippen LogP contribution in [0.4, 0.5) is 11.4 Å². The molecule has 0 aliphatic carbocycles. The summed E-state index contributed by atoms with van der Waals surface area (Å²) < 4.78 is 5.66. The molecular formula is C14H22N2OS. The van der Waals surface area contributed by atoms with Gasteiger partial charge >= 0.3 is 0 Å². The number of methoxy groups -OCH3 is 1. The van der Waals surface area contributed by atoms with Crippen LogP contribution >= 0.6 is 11.8 Å². The number of para-hydroxylation sites is 1. The van der Waals surface area contributed by atoms with Crippen molar-refractivity contribution in [3.8, 4) is 5.75 Å². The molecule has 2 N–H and O–H groups in total. The van der Waals surface area contributed by atoms with Crippen molar-refractivity contribution in [2.45, 2.75) is 25.0 Å². The van der Waals surface area contributed by atoms with E-state index in [1.807, 2.05) is 23.9 Å². The molecule has 3 nitrogen and oxygen atoms in total. The minimum atomic E-state index is 0.363. The molecule has 0 saturated carbocycles. The van der Waals surface area contributed by atoms with E-state index in [2.05, 4.69) is 24.8 Å². The predicted octanol–water partition coefficient (Wildman–Crippen LogP) is 3.00. The SMILES string of the molecule is COc1cccc(N2CCSC(C)(C)CC2)c1N. The molecule has 1 aromatic rings. The minimum Gasteiger partial charge on any atom is -0.495 e. The number of anilines is 2. The van der Waals surface area contributed by atoms with E-state index < -0.39 is 0 Å². The summed E-state index contributed by atoms with van der Waals surface area (Å²) in [6, 6.07) is 6.00. The number of benzene rings is 1. The first kappa shape index (κ1) is 13.4. The van der Waals surface area contributed by atoms with Crippen LogP contribution in [0.5, 0.6) is 5.75 Å². The monoisotopic (exact) mass is 266 g/mol. The molecule has 0 atom stereocenters. The number of nitrogens with zero attached hydrogens (tertiary/aromatic N) is 1. The smallest absolute Gasteiger partial charge is 0.143 e. The summed E-state index contributed by atoms with van der Waals surface area (Å²) >= 11 is 2.04. The van der Waals surface area contributed by atoms with E-state index >= 15 is 0 Å². The standard InChI is InChI=1S/C14H22N2OS/c1-14(2)7-8-16(9-10-18-14)11-5-4-6-12(17-3)13(11)15/h4-6H,7-10,15H2,1-3H3. The van der Waals surface area contributed by atoms with Gasteiger partial charge in [0.15, 0.2) is 0 Å². The molecule has 1 aliphatic heterocycles. The number of rotatable bonds is 2. The first-order valence-corrected chi connectivity index (χ1v) is 7.33. The molecule has 2 rings (SSSR count). The highest BCUT2D eigenvalue weighted by Gasteiger charge is 2.24. The quantitative estimate of drug-likeness (QED) is 0.835. The van der Waals surface area contributed by atoms with Crippen molar-refractivity contribution in [1.82, 2.24) is 0 Å². The highest BCUT2D eigenvalue weighted by atomic mass is 32.2. The van der Waals surface area contributed by atoms with Gasteiger partial charge in [0.1, 0.15) is 5.75 Å². The van der Waals surface area contributed by atoms with Gasteiger partial charge in [0.2, 0.25) is 0 Å². The molecule has 1 aromatic carbocycles. The van der Waals surface area contributed by atoms with Crippen molar-refractivity contribution in [3.63, 3.8) is 0 Å². The zero-order chi connectivity index (χ0) is 13.2. The largest absolute Gasteiger partial charge is 0.495 e. The Labute approximate surface area is 114 Å². The van der Waals surface area contributed by atoms with Crippen LogP contribution in [0.1, 0.15) is 20.3 Å². The number of nitrogen functional groups attached to an aromatic ring is 1. The van der Waals surface area contributed by atoms with E-state index in [0.29, 0.717) is 4.75 Å². The molecule has 0 unspecified atom stereocenters. The van der Waals surface area contributed by atoms with E-state index in [1.54, 1.807) is 7.11 Å². The molecule has 1 fully saturated rings. The van der Waals surface area contributed by atoms with Crippen LogP contribution in [0.2, 0.25) is 0 Å². The highest BCUT2D eigenvalue weighted by molar-refractivity contribution is 8.00. The van der Waals surface area contributed by atoms with Crippen molar-refractivity contribution in [2.24, 2.45) is 0 Å².